The van der Waals surface area contributed by atoms with E-state index in [0.717, 1.165) is 23.7 Å². The van der Waals surface area contributed by atoms with Gasteiger partial charge in [0.1, 0.15) is 0 Å². The van der Waals surface area contributed by atoms with Crippen molar-refractivity contribution in [1.29, 1.82) is 0 Å². The summed E-state index contributed by atoms with van der Waals surface area (Å²) in [6, 6.07) is 9.89. The number of nitrogens with zero attached hydrogens (tertiary/aromatic N) is 3. The van der Waals surface area contributed by atoms with Gasteiger partial charge in [-0.3, -0.25) is 4.79 Å². The minimum absolute atomic E-state index is 0.0916. The summed E-state index contributed by atoms with van der Waals surface area (Å²) < 4.78 is 7.87. The largest absolute Gasteiger partial charge is 0.333 e. The van der Waals surface area contributed by atoms with Crippen LogP contribution in [0.1, 0.15) is 22.5 Å². The molecule has 0 spiro atoms. The zero-order valence-corrected chi connectivity index (χ0v) is 11.3. The fraction of sp³-hybridized carbons (Fsp3) is 0.308. The number of nitrogens with two attached hydrogens (primary N) is 1. The second kappa shape index (κ2) is 6.96. The Morgan fingerprint density at radius 2 is 2.11 bits per heavy atom. The highest BCUT2D eigenvalue weighted by molar-refractivity contribution is 6.99. The zero-order chi connectivity index (χ0) is 13.5. The number of aromatic nitrogens is 2. The third-order valence-electron chi connectivity index (χ3n) is 2.72. The maximum Gasteiger partial charge on any atom is 0.275 e. The molecule has 0 fully saturated rings. The Morgan fingerprint density at radius 3 is 2.74 bits per heavy atom. The summed E-state index contributed by atoms with van der Waals surface area (Å²) in [6.45, 7) is 1.76. The first kappa shape index (κ1) is 13.6. The molecule has 0 unspecified atom stereocenters. The lowest BCUT2D eigenvalue weighted by atomic mass is 10.2. The minimum Gasteiger partial charge on any atom is -0.333 e. The number of rotatable bonds is 6. The maximum absolute atomic E-state index is 12.3. The molecule has 5 nitrogen and oxygen atoms in total. The van der Waals surface area contributed by atoms with E-state index in [1.165, 1.54) is 6.20 Å². The van der Waals surface area contributed by atoms with Crippen LogP contribution in [0, 0.1) is 0 Å². The van der Waals surface area contributed by atoms with Crippen LogP contribution in [0.2, 0.25) is 0 Å². The molecule has 1 aromatic carbocycles. The van der Waals surface area contributed by atoms with Crippen LogP contribution in [0.3, 0.4) is 0 Å². The molecule has 2 aromatic rings. The predicted octanol–water partition coefficient (Wildman–Crippen LogP) is 1.53. The number of carbonyl (C=O) groups is 1. The van der Waals surface area contributed by atoms with Crippen LogP contribution in [0.15, 0.2) is 36.5 Å². The van der Waals surface area contributed by atoms with Gasteiger partial charge in [0, 0.05) is 13.1 Å². The first-order chi connectivity index (χ1) is 9.31. The van der Waals surface area contributed by atoms with Crippen molar-refractivity contribution in [2.24, 2.45) is 5.73 Å². The van der Waals surface area contributed by atoms with Crippen molar-refractivity contribution < 1.29 is 4.79 Å². The van der Waals surface area contributed by atoms with Gasteiger partial charge in [0.25, 0.3) is 5.91 Å². The van der Waals surface area contributed by atoms with E-state index in [1.807, 2.05) is 30.3 Å². The van der Waals surface area contributed by atoms with Gasteiger partial charge < -0.3 is 10.6 Å². The third kappa shape index (κ3) is 3.84. The highest BCUT2D eigenvalue weighted by Crippen LogP contribution is 2.09. The van der Waals surface area contributed by atoms with Crippen LogP contribution >= 0.6 is 11.7 Å². The SMILES string of the molecule is NCCCN(Cc1ccccc1)C(=O)c1cnsn1. The highest BCUT2D eigenvalue weighted by atomic mass is 32.1. The average Bonchev–Trinajstić information content (AvgIpc) is 2.98. The van der Waals surface area contributed by atoms with Gasteiger partial charge in [-0.25, -0.2) is 0 Å². The molecule has 0 atom stereocenters. The molecule has 0 saturated carbocycles. The van der Waals surface area contributed by atoms with Gasteiger partial charge in [0.15, 0.2) is 5.69 Å². The third-order valence-corrected chi connectivity index (χ3v) is 3.19. The van der Waals surface area contributed by atoms with E-state index in [2.05, 4.69) is 8.75 Å². The summed E-state index contributed by atoms with van der Waals surface area (Å²) >= 11 is 1.04. The molecule has 0 aliphatic heterocycles. The fourth-order valence-corrected chi connectivity index (χ4v) is 2.17. The Morgan fingerprint density at radius 1 is 1.32 bits per heavy atom. The van der Waals surface area contributed by atoms with E-state index in [9.17, 15) is 4.79 Å². The number of hydrogen-bond acceptors (Lipinski definition) is 5. The smallest absolute Gasteiger partial charge is 0.275 e. The Hall–Kier alpha value is -1.79. The Bertz CT molecular complexity index is 501. The van der Waals surface area contributed by atoms with E-state index >= 15 is 0 Å². The number of benzene rings is 1. The molecular weight excluding hydrogens is 260 g/mol. The molecule has 0 aliphatic rings. The maximum atomic E-state index is 12.3. The molecule has 0 bridgehead atoms. The van der Waals surface area contributed by atoms with Crippen molar-refractivity contribution >= 4 is 17.6 Å². The second-order valence-electron chi connectivity index (χ2n) is 4.15. The van der Waals surface area contributed by atoms with Gasteiger partial charge in [-0.05, 0) is 18.5 Å². The van der Waals surface area contributed by atoms with Gasteiger partial charge in [0.2, 0.25) is 0 Å². The molecule has 0 radical (unpaired) electrons. The molecule has 0 aliphatic carbocycles. The van der Waals surface area contributed by atoms with E-state index in [4.69, 9.17) is 5.73 Å². The second-order valence-corrected chi connectivity index (χ2v) is 4.70. The first-order valence-electron chi connectivity index (χ1n) is 6.12. The van der Waals surface area contributed by atoms with Crippen LogP contribution in [0.25, 0.3) is 0 Å². The van der Waals surface area contributed by atoms with E-state index in [-0.39, 0.29) is 5.91 Å². The summed E-state index contributed by atoms with van der Waals surface area (Å²) in [4.78, 5) is 14.1. The average molecular weight is 276 g/mol. The normalized spacial score (nSPS) is 10.4. The van der Waals surface area contributed by atoms with Crippen molar-refractivity contribution in [1.82, 2.24) is 13.6 Å². The van der Waals surface area contributed by atoms with Crippen LogP contribution in [-0.2, 0) is 6.54 Å². The predicted molar refractivity (Wildman–Crippen MR) is 74.8 cm³/mol. The zero-order valence-electron chi connectivity index (χ0n) is 10.5. The van der Waals surface area contributed by atoms with E-state index in [1.54, 1.807) is 4.90 Å². The summed E-state index contributed by atoms with van der Waals surface area (Å²) in [6.07, 6.45) is 2.28. The lowest BCUT2D eigenvalue weighted by molar-refractivity contribution is 0.0737. The van der Waals surface area contributed by atoms with Gasteiger partial charge in [-0.15, -0.1) is 0 Å². The van der Waals surface area contributed by atoms with Gasteiger partial charge in [-0.2, -0.15) is 8.75 Å². The number of carbonyl (C=O) groups excluding carboxylic acids is 1. The summed E-state index contributed by atoms with van der Waals surface area (Å²) in [5.41, 5.74) is 7.02. The van der Waals surface area contributed by atoms with Crippen molar-refractivity contribution in [3.05, 3.63) is 47.8 Å². The van der Waals surface area contributed by atoms with Crippen molar-refractivity contribution in [3.8, 4) is 0 Å². The van der Waals surface area contributed by atoms with Gasteiger partial charge >= 0.3 is 0 Å². The van der Waals surface area contributed by atoms with Crippen LogP contribution in [0.4, 0.5) is 0 Å². The molecule has 100 valence electrons. The number of hydrogen-bond donors (Lipinski definition) is 1. The van der Waals surface area contributed by atoms with Gasteiger partial charge in [-0.1, -0.05) is 30.3 Å². The minimum atomic E-state index is -0.0916. The number of amides is 1. The summed E-state index contributed by atoms with van der Waals surface area (Å²) in [7, 11) is 0. The fourth-order valence-electron chi connectivity index (χ4n) is 1.76. The van der Waals surface area contributed by atoms with Crippen LogP contribution in [-0.4, -0.2) is 32.6 Å². The van der Waals surface area contributed by atoms with Crippen molar-refractivity contribution in [2.45, 2.75) is 13.0 Å². The topological polar surface area (TPSA) is 72.1 Å². The Labute approximate surface area is 116 Å². The molecular formula is C13H16N4OS. The lowest BCUT2D eigenvalue weighted by Crippen LogP contribution is -2.32. The standard InChI is InChI=1S/C13H16N4OS/c14-7-4-8-17(10-11-5-2-1-3-6-11)13(18)12-9-15-19-16-12/h1-3,5-6,9H,4,7-8,10,14H2. The summed E-state index contributed by atoms with van der Waals surface area (Å²) in [5, 5.41) is 0. The molecule has 1 amide bonds. The van der Waals surface area contributed by atoms with Crippen LogP contribution in [0.5, 0.6) is 0 Å². The molecule has 6 heteroatoms. The van der Waals surface area contributed by atoms with E-state index < -0.39 is 0 Å². The molecule has 19 heavy (non-hydrogen) atoms. The lowest BCUT2D eigenvalue weighted by Gasteiger charge is -2.21. The van der Waals surface area contributed by atoms with Crippen LogP contribution < -0.4 is 5.73 Å². The first-order valence-corrected chi connectivity index (χ1v) is 6.85. The Kier molecular flexibility index (Phi) is 5.00. The van der Waals surface area contributed by atoms with Gasteiger partial charge in [0.05, 0.1) is 17.9 Å². The van der Waals surface area contributed by atoms with E-state index in [0.29, 0.717) is 25.3 Å². The highest BCUT2D eigenvalue weighted by Gasteiger charge is 2.17. The molecule has 2 rings (SSSR count). The Balaban J connectivity index is 2.09. The molecule has 2 N–H and O–H groups in total. The quantitative estimate of drug-likeness (QED) is 0.868. The molecule has 1 heterocycles. The summed E-state index contributed by atoms with van der Waals surface area (Å²) in [5.74, 6) is -0.0916. The molecule has 1 aromatic heterocycles. The van der Waals surface area contributed by atoms with Crippen molar-refractivity contribution in [3.63, 3.8) is 0 Å². The monoisotopic (exact) mass is 276 g/mol. The molecule has 0 saturated heterocycles. The van der Waals surface area contributed by atoms with Crippen molar-refractivity contribution in [2.75, 3.05) is 13.1 Å².